The SMILES string of the molecule is CCNC(=O)N1CCC2(CC1)SCCN2C(=O)/C=C/c1ccccc1. The number of likely N-dealkylation sites (tertiary alicyclic amines) is 1. The van der Waals surface area contributed by atoms with Crippen molar-refractivity contribution >= 4 is 29.8 Å². The van der Waals surface area contributed by atoms with Gasteiger partial charge in [0.15, 0.2) is 0 Å². The van der Waals surface area contributed by atoms with Gasteiger partial charge in [0, 0.05) is 38.0 Å². The first-order chi connectivity index (χ1) is 12.1. The van der Waals surface area contributed by atoms with Gasteiger partial charge in [-0.1, -0.05) is 30.3 Å². The monoisotopic (exact) mass is 359 g/mol. The molecule has 1 aromatic carbocycles. The van der Waals surface area contributed by atoms with E-state index in [1.54, 1.807) is 6.08 Å². The van der Waals surface area contributed by atoms with E-state index >= 15 is 0 Å². The fourth-order valence-electron chi connectivity index (χ4n) is 3.48. The van der Waals surface area contributed by atoms with E-state index in [0.29, 0.717) is 19.6 Å². The van der Waals surface area contributed by atoms with Crippen molar-refractivity contribution in [3.8, 4) is 0 Å². The van der Waals surface area contributed by atoms with Crippen molar-refractivity contribution in [2.45, 2.75) is 24.6 Å². The van der Waals surface area contributed by atoms with Gasteiger partial charge in [0.1, 0.15) is 0 Å². The maximum Gasteiger partial charge on any atom is 0.317 e. The number of rotatable bonds is 3. The molecule has 0 bridgehead atoms. The van der Waals surface area contributed by atoms with Crippen LogP contribution in [0.2, 0.25) is 0 Å². The largest absolute Gasteiger partial charge is 0.338 e. The summed E-state index contributed by atoms with van der Waals surface area (Å²) in [7, 11) is 0. The molecular weight excluding hydrogens is 334 g/mol. The lowest BCUT2D eigenvalue weighted by atomic mass is 10.0. The fourth-order valence-corrected chi connectivity index (χ4v) is 4.94. The second kappa shape index (κ2) is 7.95. The Balaban J connectivity index is 1.63. The number of benzene rings is 1. The molecule has 0 aliphatic carbocycles. The van der Waals surface area contributed by atoms with Crippen LogP contribution < -0.4 is 5.32 Å². The zero-order valence-electron chi connectivity index (χ0n) is 14.6. The Labute approximate surface area is 153 Å². The summed E-state index contributed by atoms with van der Waals surface area (Å²) in [6.45, 7) is 4.75. The molecule has 134 valence electrons. The second-order valence-electron chi connectivity index (χ2n) is 6.35. The van der Waals surface area contributed by atoms with E-state index in [1.165, 1.54) is 0 Å². The number of hydrogen-bond donors (Lipinski definition) is 1. The van der Waals surface area contributed by atoms with Crippen molar-refractivity contribution in [1.82, 2.24) is 15.1 Å². The highest BCUT2D eigenvalue weighted by atomic mass is 32.2. The molecule has 0 aromatic heterocycles. The third-order valence-electron chi connectivity index (χ3n) is 4.82. The first kappa shape index (κ1) is 17.9. The highest BCUT2D eigenvalue weighted by molar-refractivity contribution is 8.00. The molecule has 1 N–H and O–H groups in total. The molecule has 3 rings (SSSR count). The van der Waals surface area contributed by atoms with Gasteiger partial charge < -0.3 is 15.1 Å². The molecule has 2 aliphatic rings. The van der Waals surface area contributed by atoms with Gasteiger partial charge in [-0.15, -0.1) is 11.8 Å². The smallest absolute Gasteiger partial charge is 0.317 e. The summed E-state index contributed by atoms with van der Waals surface area (Å²) in [5.41, 5.74) is 1.03. The second-order valence-corrected chi connectivity index (χ2v) is 7.81. The van der Waals surface area contributed by atoms with Gasteiger partial charge >= 0.3 is 6.03 Å². The highest BCUT2D eigenvalue weighted by Crippen LogP contribution is 2.44. The van der Waals surface area contributed by atoms with E-state index in [2.05, 4.69) is 5.32 Å². The molecule has 1 spiro atoms. The van der Waals surface area contributed by atoms with Crippen LogP contribution >= 0.6 is 11.8 Å². The molecule has 2 fully saturated rings. The van der Waals surface area contributed by atoms with Crippen molar-refractivity contribution in [3.63, 3.8) is 0 Å². The zero-order chi connectivity index (χ0) is 17.7. The number of piperidine rings is 1. The van der Waals surface area contributed by atoms with E-state index in [9.17, 15) is 9.59 Å². The van der Waals surface area contributed by atoms with Crippen LogP contribution in [0.5, 0.6) is 0 Å². The van der Waals surface area contributed by atoms with Crippen LogP contribution in [-0.2, 0) is 4.79 Å². The molecule has 0 saturated carbocycles. The van der Waals surface area contributed by atoms with Crippen molar-refractivity contribution < 1.29 is 9.59 Å². The summed E-state index contributed by atoms with van der Waals surface area (Å²) in [6, 6.07) is 9.88. The topological polar surface area (TPSA) is 52.7 Å². The first-order valence-corrected chi connectivity index (χ1v) is 9.85. The normalized spacial score (nSPS) is 19.6. The molecule has 1 aromatic rings. The third kappa shape index (κ3) is 4.00. The number of hydrogen-bond acceptors (Lipinski definition) is 3. The Kier molecular flexibility index (Phi) is 5.68. The summed E-state index contributed by atoms with van der Waals surface area (Å²) >= 11 is 1.86. The quantitative estimate of drug-likeness (QED) is 0.845. The van der Waals surface area contributed by atoms with Crippen molar-refractivity contribution in [1.29, 1.82) is 0 Å². The molecule has 2 heterocycles. The minimum Gasteiger partial charge on any atom is -0.338 e. The van der Waals surface area contributed by atoms with Gasteiger partial charge in [-0.3, -0.25) is 4.79 Å². The van der Waals surface area contributed by atoms with Gasteiger partial charge in [-0.05, 0) is 31.4 Å². The van der Waals surface area contributed by atoms with Gasteiger partial charge in [-0.2, -0.15) is 0 Å². The summed E-state index contributed by atoms with van der Waals surface area (Å²) in [5.74, 6) is 1.03. The Morgan fingerprint density at radius 2 is 1.92 bits per heavy atom. The maximum atomic E-state index is 12.7. The lowest BCUT2D eigenvalue weighted by Crippen LogP contribution is -2.54. The Morgan fingerprint density at radius 1 is 1.20 bits per heavy atom. The molecular formula is C19H25N3O2S. The molecule has 25 heavy (non-hydrogen) atoms. The molecule has 0 unspecified atom stereocenters. The van der Waals surface area contributed by atoms with E-state index < -0.39 is 0 Å². The minimum absolute atomic E-state index is 0.00203. The molecule has 5 nitrogen and oxygen atoms in total. The number of carbonyl (C=O) groups is 2. The van der Waals surface area contributed by atoms with E-state index in [0.717, 1.165) is 30.7 Å². The average molecular weight is 359 g/mol. The van der Waals surface area contributed by atoms with Crippen LogP contribution in [-0.4, -0.2) is 58.5 Å². The summed E-state index contributed by atoms with van der Waals surface area (Å²) in [4.78, 5) is 28.4. The number of nitrogens with one attached hydrogen (secondary N) is 1. The van der Waals surface area contributed by atoms with Crippen LogP contribution in [0.3, 0.4) is 0 Å². The minimum atomic E-state index is -0.152. The van der Waals surface area contributed by atoms with E-state index in [-0.39, 0.29) is 16.8 Å². The van der Waals surface area contributed by atoms with Gasteiger partial charge in [0.05, 0.1) is 4.87 Å². The number of urea groups is 1. The standard InChI is InChI=1S/C19H25N3O2S/c1-2-20-18(24)21-12-10-19(11-13-21)22(14-15-25-19)17(23)9-8-16-6-4-3-5-7-16/h3-9H,2,10-15H2,1H3,(H,20,24)/b9-8+. The number of thioether (sulfide) groups is 1. The summed E-state index contributed by atoms with van der Waals surface area (Å²) in [6.07, 6.45) is 5.22. The van der Waals surface area contributed by atoms with Crippen molar-refractivity contribution in [3.05, 3.63) is 42.0 Å². The molecule has 0 radical (unpaired) electrons. The number of nitrogens with zero attached hydrogens (tertiary/aromatic N) is 2. The summed E-state index contributed by atoms with van der Waals surface area (Å²) in [5, 5.41) is 2.86. The van der Waals surface area contributed by atoms with Crippen molar-refractivity contribution in [2.75, 3.05) is 31.9 Å². The molecule has 3 amide bonds. The zero-order valence-corrected chi connectivity index (χ0v) is 15.4. The average Bonchev–Trinajstić information content (AvgIpc) is 3.04. The molecule has 0 atom stereocenters. The Morgan fingerprint density at radius 3 is 2.60 bits per heavy atom. The predicted octanol–water partition coefficient (Wildman–Crippen LogP) is 2.80. The van der Waals surface area contributed by atoms with Crippen LogP contribution in [0.15, 0.2) is 36.4 Å². The number of amides is 3. The third-order valence-corrected chi connectivity index (χ3v) is 6.37. The van der Waals surface area contributed by atoms with Crippen LogP contribution in [0.25, 0.3) is 6.08 Å². The van der Waals surface area contributed by atoms with Crippen LogP contribution in [0.1, 0.15) is 25.3 Å². The van der Waals surface area contributed by atoms with Crippen LogP contribution in [0.4, 0.5) is 4.79 Å². The number of carbonyl (C=O) groups excluding carboxylic acids is 2. The van der Waals surface area contributed by atoms with Gasteiger partial charge in [0.2, 0.25) is 5.91 Å². The van der Waals surface area contributed by atoms with Crippen molar-refractivity contribution in [2.24, 2.45) is 0 Å². The molecule has 6 heteroatoms. The Hall–Kier alpha value is -1.95. The maximum absolute atomic E-state index is 12.7. The summed E-state index contributed by atoms with van der Waals surface area (Å²) < 4.78 is 0. The molecule has 2 aliphatic heterocycles. The van der Waals surface area contributed by atoms with Crippen LogP contribution in [0, 0.1) is 0 Å². The van der Waals surface area contributed by atoms with Gasteiger partial charge in [0.25, 0.3) is 0 Å². The van der Waals surface area contributed by atoms with Gasteiger partial charge in [-0.25, -0.2) is 4.79 Å². The molecule has 2 saturated heterocycles. The predicted molar refractivity (Wildman–Crippen MR) is 102 cm³/mol. The lowest BCUT2D eigenvalue weighted by molar-refractivity contribution is -0.129. The van der Waals surface area contributed by atoms with E-state index in [1.807, 2.05) is 64.9 Å². The first-order valence-electron chi connectivity index (χ1n) is 8.86. The Bertz CT molecular complexity index is 639. The van der Waals surface area contributed by atoms with E-state index in [4.69, 9.17) is 0 Å². The highest BCUT2D eigenvalue weighted by Gasteiger charge is 2.46. The fraction of sp³-hybridized carbons (Fsp3) is 0.474. The lowest BCUT2D eigenvalue weighted by Gasteiger charge is -2.43.